The van der Waals surface area contributed by atoms with E-state index in [-0.39, 0.29) is 11.8 Å². The van der Waals surface area contributed by atoms with Crippen LogP contribution in [0, 0.1) is 13.8 Å². The third kappa shape index (κ3) is 5.55. The normalized spacial score (nSPS) is 14.1. The minimum absolute atomic E-state index is 0.111. The summed E-state index contributed by atoms with van der Waals surface area (Å²) in [6, 6.07) is 9.00. The summed E-state index contributed by atoms with van der Waals surface area (Å²) in [5.41, 5.74) is 3.28. The number of anilines is 2. The van der Waals surface area contributed by atoms with Gasteiger partial charge in [-0.2, -0.15) is 0 Å². The average Bonchev–Trinajstić information content (AvgIpc) is 2.75. The Bertz CT molecular complexity index is 935. The Kier molecular flexibility index (Phi) is 7.52. The van der Waals surface area contributed by atoms with Crippen molar-refractivity contribution in [1.29, 1.82) is 0 Å². The lowest BCUT2D eigenvalue weighted by molar-refractivity contribution is -0.117. The first kappa shape index (κ1) is 22.6. The van der Waals surface area contributed by atoms with Crippen LogP contribution in [0.3, 0.4) is 0 Å². The molecule has 166 valence electrons. The molecule has 2 amide bonds. The van der Waals surface area contributed by atoms with Crippen molar-refractivity contribution in [2.24, 2.45) is 0 Å². The number of methoxy groups -OCH3 is 2. The van der Waals surface area contributed by atoms with E-state index in [0.29, 0.717) is 40.5 Å². The molecule has 7 heteroatoms. The minimum atomic E-state index is -0.256. The van der Waals surface area contributed by atoms with Crippen LogP contribution >= 0.6 is 0 Å². The van der Waals surface area contributed by atoms with Crippen molar-refractivity contribution in [3.05, 3.63) is 47.0 Å². The van der Waals surface area contributed by atoms with Gasteiger partial charge in [-0.05, 0) is 58.0 Å². The Hall–Kier alpha value is -3.06. The molecule has 0 radical (unpaired) electrons. The van der Waals surface area contributed by atoms with Gasteiger partial charge in [-0.1, -0.05) is 24.1 Å². The van der Waals surface area contributed by atoms with Crippen LogP contribution in [0.4, 0.5) is 11.4 Å². The number of carbonyl (C=O) groups is 2. The average molecular weight is 426 g/mol. The molecule has 0 atom stereocenters. The summed E-state index contributed by atoms with van der Waals surface area (Å²) in [5, 5.41) is 5.85. The molecule has 2 N–H and O–H groups in total. The number of carbonyl (C=O) groups excluding carboxylic acids is 2. The molecular formula is C24H31N3O4. The quantitative estimate of drug-likeness (QED) is 0.701. The molecule has 3 rings (SSSR count). The van der Waals surface area contributed by atoms with Gasteiger partial charge in [0.1, 0.15) is 11.5 Å². The standard InChI is InChI=1S/C24H31N3O4/c1-16-8-10-18(11-9-16)24(29)26-20-14-19(22(30-3)17(2)23(20)31-4)25-21(28)15-27-12-6-5-7-13-27/h8-11,14H,5-7,12-13,15H2,1-4H3,(H,25,28)(H,26,29). The number of amides is 2. The number of nitrogens with zero attached hydrogens (tertiary/aromatic N) is 1. The second kappa shape index (κ2) is 10.3. The minimum Gasteiger partial charge on any atom is -0.494 e. The summed E-state index contributed by atoms with van der Waals surface area (Å²) < 4.78 is 11.1. The van der Waals surface area contributed by atoms with Gasteiger partial charge in [0.05, 0.1) is 32.1 Å². The van der Waals surface area contributed by atoms with Crippen LogP contribution in [0.2, 0.25) is 0 Å². The van der Waals surface area contributed by atoms with Gasteiger partial charge in [0, 0.05) is 11.1 Å². The van der Waals surface area contributed by atoms with Gasteiger partial charge in [-0.3, -0.25) is 14.5 Å². The van der Waals surface area contributed by atoms with E-state index in [1.807, 2.05) is 26.0 Å². The molecule has 1 aliphatic rings. The van der Waals surface area contributed by atoms with Crippen molar-refractivity contribution in [2.75, 3.05) is 44.5 Å². The van der Waals surface area contributed by atoms with E-state index >= 15 is 0 Å². The second-order valence-corrected chi connectivity index (χ2v) is 7.87. The molecule has 1 saturated heterocycles. The molecule has 2 aromatic carbocycles. The van der Waals surface area contributed by atoms with E-state index in [1.54, 1.807) is 25.3 Å². The third-order valence-electron chi connectivity index (χ3n) is 5.52. The van der Waals surface area contributed by atoms with Crippen molar-refractivity contribution in [3.8, 4) is 11.5 Å². The number of benzene rings is 2. The molecular weight excluding hydrogens is 394 g/mol. The molecule has 0 aromatic heterocycles. The SMILES string of the molecule is COc1c(NC(=O)CN2CCCCC2)cc(NC(=O)c2ccc(C)cc2)c(OC)c1C. The van der Waals surface area contributed by atoms with Crippen molar-refractivity contribution >= 4 is 23.2 Å². The Morgan fingerprint density at radius 2 is 1.48 bits per heavy atom. The number of rotatable bonds is 7. The second-order valence-electron chi connectivity index (χ2n) is 7.87. The fraction of sp³-hybridized carbons (Fsp3) is 0.417. The highest BCUT2D eigenvalue weighted by atomic mass is 16.5. The topological polar surface area (TPSA) is 79.9 Å². The van der Waals surface area contributed by atoms with Gasteiger partial charge in [0.15, 0.2) is 0 Å². The lowest BCUT2D eigenvalue weighted by atomic mass is 10.1. The predicted octanol–water partition coefficient (Wildman–Crippen LogP) is 4.00. The van der Waals surface area contributed by atoms with Crippen LogP contribution < -0.4 is 20.1 Å². The zero-order valence-corrected chi connectivity index (χ0v) is 18.7. The van der Waals surface area contributed by atoms with Crippen LogP contribution in [0.15, 0.2) is 30.3 Å². The van der Waals surface area contributed by atoms with E-state index in [2.05, 4.69) is 15.5 Å². The number of hydrogen-bond acceptors (Lipinski definition) is 5. The van der Waals surface area contributed by atoms with Crippen molar-refractivity contribution < 1.29 is 19.1 Å². The van der Waals surface area contributed by atoms with Gasteiger partial charge >= 0.3 is 0 Å². The first-order valence-corrected chi connectivity index (χ1v) is 10.6. The van der Waals surface area contributed by atoms with E-state index < -0.39 is 0 Å². The van der Waals surface area contributed by atoms with Crippen LogP contribution in [-0.2, 0) is 4.79 Å². The summed E-state index contributed by atoms with van der Waals surface area (Å²) in [4.78, 5) is 27.6. The number of aryl methyl sites for hydroxylation is 1. The molecule has 7 nitrogen and oxygen atoms in total. The van der Waals surface area contributed by atoms with Crippen molar-refractivity contribution in [1.82, 2.24) is 4.90 Å². The van der Waals surface area contributed by atoms with Crippen LogP contribution in [0.25, 0.3) is 0 Å². The molecule has 0 spiro atoms. The van der Waals surface area contributed by atoms with Crippen molar-refractivity contribution in [2.45, 2.75) is 33.1 Å². The van der Waals surface area contributed by atoms with E-state index in [9.17, 15) is 9.59 Å². The summed E-state index contributed by atoms with van der Waals surface area (Å²) in [6.45, 7) is 6.00. The highest BCUT2D eigenvalue weighted by molar-refractivity contribution is 6.06. The summed E-state index contributed by atoms with van der Waals surface area (Å²) in [5.74, 6) is 0.637. The van der Waals surface area contributed by atoms with Gasteiger partial charge < -0.3 is 20.1 Å². The van der Waals surface area contributed by atoms with Gasteiger partial charge in [0.25, 0.3) is 5.91 Å². The van der Waals surface area contributed by atoms with E-state index in [0.717, 1.165) is 31.5 Å². The number of piperidine rings is 1. The van der Waals surface area contributed by atoms with Gasteiger partial charge in [-0.15, -0.1) is 0 Å². The van der Waals surface area contributed by atoms with Crippen LogP contribution in [-0.4, -0.2) is 50.6 Å². The summed E-state index contributed by atoms with van der Waals surface area (Å²) in [6.07, 6.45) is 3.45. The number of nitrogens with one attached hydrogen (secondary N) is 2. The smallest absolute Gasteiger partial charge is 0.255 e. The Morgan fingerprint density at radius 1 is 0.903 bits per heavy atom. The molecule has 1 aliphatic heterocycles. The molecule has 2 aromatic rings. The molecule has 1 heterocycles. The van der Waals surface area contributed by atoms with Crippen molar-refractivity contribution in [3.63, 3.8) is 0 Å². The summed E-state index contributed by atoms with van der Waals surface area (Å²) >= 11 is 0. The highest BCUT2D eigenvalue weighted by Gasteiger charge is 2.21. The van der Waals surface area contributed by atoms with E-state index in [1.165, 1.54) is 13.5 Å². The van der Waals surface area contributed by atoms with E-state index in [4.69, 9.17) is 9.47 Å². The Labute approximate surface area is 183 Å². The maximum atomic E-state index is 12.8. The molecule has 1 fully saturated rings. The molecule has 0 bridgehead atoms. The molecule has 0 unspecified atom stereocenters. The predicted molar refractivity (Wildman–Crippen MR) is 122 cm³/mol. The molecule has 31 heavy (non-hydrogen) atoms. The van der Waals surface area contributed by atoms with Gasteiger partial charge in [0.2, 0.25) is 5.91 Å². The Balaban J connectivity index is 1.84. The lowest BCUT2D eigenvalue weighted by Gasteiger charge is -2.26. The maximum Gasteiger partial charge on any atom is 0.255 e. The first-order valence-electron chi connectivity index (χ1n) is 10.6. The third-order valence-corrected chi connectivity index (χ3v) is 5.52. The fourth-order valence-electron chi connectivity index (χ4n) is 3.90. The summed E-state index contributed by atoms with van der Waals surface area (Å²) in [7, 11) is 3.09. The Morgan fingerprint density at radius 3 is 2.06 bits per heavy atom. The molecule has 0 saturated carbocycles. The lowest BCUT2D eigenvalue weighted by Crippen LogP contribution is -2.36. The number of likely N-dealkylation sites (tertiary alicyclic amines) is 1. The zero-order chi connectivity index (χ0) is 22.4. The maximum absolute atomic E-state index is 12.8. The monoisotopic (exact) mass is 425 g/mol. The van der Waals surface area contributed by atoms with Crippen LogP contribution in [0.1, 0.15) is 40.7 Å². The number of ether oxygens (including phenoxy) is 2. The largest absolute Gasteiger partial charge is 0.494 e. The van der Waals surface area contributed by atoms with Crippen LogP contribution in [0.5, 0.6) is 11.5 Å². The zero-order valence-electron chi connectivity index (χ0n) is 18.7. The molecule has 0 aliphatic carbocycles. The number of hydrogen-bond donors (Lipinski definition) is 2. The highest BCUT2D eigenvalue weighted by Crippen LogP contribution is 2.41. The first-order chi connectivity index (χ1) is 14.9. The van der Waals surface area contributed by atoms with Gasteiger partial charge in [-0.25, -0.2) is 0 Å². The fourth-order valence-corrected chi connectivity index (χ4v) is 3.90.